The Morgan fingerprint density at radius 3 is 2.89 bits per heavy atom. The standard InChI is InChI=1S/C17H22N2/c1-13(19)17(16-5-3-2-4-6-16)11-14-7-9-15(12-18)10-8-14/h2-3,5,7,9-10,13-14,17H,4,6,8,11,19H2,1H3. The summed E-state index contributed by atoms with van der Waals surface area (Å²) in [6.45, 7) is 2.10. The predicted molar refractivity (Wildman–Crippen MR) is 79.2 cm³/mol. The lowest BCUT2D eigenvalue weighted by Crippen LogP contribution is -2.30. The van der Waals surface area contributed by atoms with E-state index in [9.17, 15) is 0 Å². The van der Waals surface area contributed by atoms with Crippen molar-refractivity contribution in [1.82, 2.24) is 0 Å². The lowest BCUT2D eigenvalue weighted by Gasteiger charge is -2.28. The van der Waals surface area contributed by atoms with Gasteiger partial charge in [0.25, 0.3) is 0 Å². The maximum atomic E-state index is 8.85. The molecule has 0 saturated carbocycles. The fraction of sp³-hybridized carbons (Fsp3) is 0.471. The van der Waals surface area contributed by atoms with Gasteiger partial charge in [0.15, 0.2) is 0 Å². The topological polar surface area (TPSA) is 49.8 Å². The molecule has 2 aliphatic rings. The Labute approximate surface area is 116 Å². The molecular formula is C17H22N2. The van der Waals surface area contributed by atoms with Crippen LogP contribution in [-0.2, 0) is 0 Å². The third-order valence-corrected chi connectivity index (χ3v) is 4.03. The zero-order valence-electron chi connectivity index (χ0n) is 11.5. The maximum Gasteiger partial charge on any atom is 0.0988 e. The van der Waals surface area contributed by atoms with E-state index in [-0.39, 0.29) is 6.04 Å². The van der Waals surface area contributed by atoms with E-state index in [1.54, 1.807) is 0 Å². The van der Waals surface area contributed by atoms with Crippen molar-refractivity contribution in [1.29, 1.82) is 5.26 Å². The largest absolute Gasteiger partial charge is 0.327 e. The molecule has 0 bridgehead atoms. The van der Waals surface area contributed by atoms with Gasteiger partial charge in [-0.1, -0.05) is 36.0 Å². The van der Waals surface area contributed by atoms with Crippen molar-refractivity contribution < 1.29 is 0 Å². The number of nitriles is 1. The molecule has 0 amide bonds. The highest BCUT2D eigenvalue weighted by Gasteiger charge is 2.22. The Bertz CT molecular complexity index is 472. The highest BCUT2D eigenvalue weighted by atomic mass is 14.6. The molecule has 0 aromatic carbocycles. The summed E-state index contributed by atoms with van der Waals surface area (Å²) < 4.78 is 0. The summed E-state index contributed by atoms with van der Waals surface area (Å²) in [4.78, 5) is 0. The van der Waals surface area contributed by atoms with Crippen LogP contribution >= 0.6 is 0 Å². The maximum absolute atomic E-state index is 8.85. The van der Waals surface area contributed by atoms with Gasteiger partial charge in [-0.05, 0) is 50.5 Å². The minimum Gasteiger partial charge on any atom is -0.327 e. The average Bonchev–Trinajstić information content (AvgIpc) is 2.46. The van der Waals surface area contributed by atoms with Gasteiger partial charge < -0.3 is 5.73 Å². The number of nitrogens with two attached hydrogens (primary N) is 1. The summed E-state index contributed by atoms with van der Waals surface area (Å²) in [6, 6.07) is 2.38. The van der Waals surface area contributed by atoms with E-state index in [1.807, 2.05) is 12.2 Å². The van der Waals surface area contributed by atoms with Gasteiger partial charge in [-0.25, -0.2) is 0 Å². The Hall–Kier alpha value is -1.59. The van der Waals surface area contributed by atoms with E-state index in [4.69, 9.17) is 11.0 Å². The summed E-state index contributed by atoms with van der Waals surface area (Å²) in [6.07, 6.45) is 17.1. The van der Waals surface area contributed by atoms with Crippen LogP contribution < -0.4 is 5.73 Å². The summed E-state index contributed by atoms with van der Waals surface area (Å²) in [7, 11) is 0. The third kappa shape index (κ3) is 3.68. The molecule has 0 saturated heterocycles. The molecule has 2 nitrogen and oxygen atoms in total. The first-order valence-electron chi connectivity index (χ1n) is 7.10. The minimum absolute atomic E-state index is 0.187. The van der Waals surface area contributed by atoms with Crippen molar-refractivity contribution >= 4 is 0 Å². The summed E-state index contributed by atoms with van der Waals surface area (Å²) in [5, 5.41) is 8.85. The van der Waals surface area contributed by atoms with E-state index in [0.29, 0.717) is 11.8 Å². The van der Waals surface area contributed by atoms with Gasteiger partial charge in [-0.2, -0.15) is 5.26 Å². The number of allylic oxidation sites excluding steroid dienone is 7. The lowest BCUT2D eigenvalue weighted by molar-refractivity contribution is 0.402. The molecule has 0 aromatic rings. The van der Waals surface area contributed by atoms with Gasteiger partial charge in [0, 0.05) is 11.6 Å². The Morgan fingerprint density at radius 2 is 2.37 bits per heavy atom. The van der Waals surface area contributed by atoms with E-state index in [1.165, 1.54) is 5.57 Å². The van der Waals surface area contributed by atoms with E-state index in [2.05, 4.69) is 37.3 Å². The SMILES string of the molecule is CC(N)C(CC1C=CC(C#N)=CC1)C1=CC=CCC1. The molecule has 0 spiro atoms. The summed E-state index contributed by atoms with van der Waals surface area (Å²) >= 11 is 0. The van der Waals surface area contributed by atoms with Crippen molar-refractivity contribution in [3.05, 3.63) is 47.6 Å². The first-order valence-corrected chi connectivity index (χ1v) is 7.10. The molecule has 2 aliphatic carbocycles. The van der Waals surface area contributed by atoms with Crippen molar-refractivity contribution in [2.75, 3.05) is 0 Å². The third-order valence-electron chi connectivity index (χ3n) is 4.03. The zero-order valence-corrected chi connectivity index (χ0v) is 11.5. The molecule has 0 heterocycles. The Kier molecular flexibility index (Phi) is 4.76. The quantitative estimate of drug-likeness (QED) is 0.832. The van der Waals surface area contributed by atoms with Gasteiger partial charge in [-0.3, -0.25) is 0 Å². The molecule has 3 atom stereocenters. The van der Waals surface area contributed by atoms with Crippen molar-refractivity contribution in [3.63, 3.8) is 0 Å². The monoisotopic (exact) mass is 254 g/mol. The van der Waals surface area contributed by atoms with E-state index >= 15 is 0 Å². The molecule has 19 heavy (non-hydrogen) atoms. The van der Waals surface area contributed by atoms with Crippen LogP contribution in [0, 0.1) is 23.2 Å². The van der Waals surface area contributed by atoms with Gasteiger partial charge >= 0.3 is 0 Å². The molecule has 0 radical (unpaired) electrons. The first-order chi connectivity index (χ1) is 9.20. The van der Waals surface area contributed by atoms with Crippen LogP contribution in [0.5, 0.6) is 0 Å². The second kappa shape index (κ2) is 6.54. The van der Waals surface area contributed by atoms with Crippen molar-refractivity contribution in [2.45, 2.75) is 38.6 Å². The zero-order chi connectivity index (χ0) is 13.7. The molecule has 2 heteroatoms. The number of hydrogen-bond donors (Lipinski definition) is 1. The smallest absolute Gasteiger partial charge is 0.0988 e. The second-order valence-corrected chi connectivity index (χ2v) is 5.54. The summed E-state index contributed by atoms with van der Waals surface area (Å²) in [5.74, 6) is 0.969. The molecular weight excluding hydrogens is 232 g/mol. The number of hydrogen-bond acceptors (Lipinski definition) is 2. The van der Waals surface area contributed by atoms with Crippen LogP contribution in [0.25, 0.3) is 0 Å². The van der Waals surface area contributed by atoms with Crippen LogP contribution in [0.4, 0.5) is 0 Å². The van der Waals surface area contributed by atoms with Crippen LogP contribution in [0.3, 0.4) is 0 Å². The molecule has 2 N–H and O–H groups in total. The molecule has 3 unspecified atom stereocenters. The van der Waals surface area contributed by atoms with Crippen LogP contribution in [0.1, 0.15) is 32.6 Å². The molecule has 2 rings (SSSR count). The lowest BCUT2D eigenvalue weighted by atomic mass is 9.79. The highest BCUT2D eigenvalue weighted by molar-refractivity contribution is 5.35. The Morgan fingerprint density at radius 1 is 1.53 bits per heavy atom. The van der Waals surface area contributed by atoms with Gasteiger partial charge in [0.2, 0.25) is 0 Å². The van der Waals surface area contributed by atoms with E-state index < -0.39 is 0 Å². The molecule has 0 aliphatic heterocycles. The molecule has 0 aromatic heterocycles. The highest BCUT2D eigenvalue weighted by Crippen LogP contribution is 2.31. The fourth-order valence-electron chi connectivity index (χ4n) is 2.88. The molecule has 0 fully saturated rings. The second-order valence-electron chi connectivity index (χ2n) is 5.54. The molecule has 100 valence electrons. The fourth-order valence-corrected chi connectivity index (χ4v) is 2.88. The van der Waals surface area contributed by atoms with Crippen LogP contribution in [0.15, 0.2) is 47.6 Å². The average molecular weight is 254 g/mol. The van der Waals surface area contributed by atoms with Crippen molar-refractivity contribution in [3.8, 4) is 6.07 Å². The van der Waals surface area contributed by atoms with Gasteiger partial charge in [0.05, 0.1) is 6.07 Å². The predicted octanol–water partition coefficient (Wildman–Crippen LogP) is 3.64. The van der Waals surface area contributed by atoms with Crippen LogP contribution in [-0.4, -0.2) is 6.04 Å². The minimum atomic E-state index is 0.187. The van der Waals surface area contributed by atoms with Crippen molar-refractivity contribution in [2.24, 2.45) is 17.6 Å². The number of rotatable bonds is 4. The van der Waals surface area contributed by atoms with E-state index in [0.717, 1.165) is 31.3 Å². The summed E-state index contributed by atoms with van der Waals surface area (Å²) in [5.41, 5.74) is 8.45. The number of nitrogens with zero attached hydrogens (tertiary/aromatic N) is 1. The van der Waals surface area contributed by atoms with Crippen LogP contribution in [0.2, 0.25) is 0 Å². The Balaban J connectivity index is 2.01. The first kappa shape index (κ1) is 13.8. The van der Waals surface area contributed by atoms with Gasteiger partial charge in [0.1, 0.15) is 0 Å². The normalized spacial score (nSPS) is 25.2. The van der Waals surface area contributed by atoms with Gasteiger partial charge in [-0.15, -0.1) is 0 Å².